The first kappa shape index (κ1) is 19.2. The zero-order valence-corrected chi connectivity index (χ0v) is 18.2. The van der Waals surface area contributed by atoms with Crippen molar-refractivity contribution in [3.8, 4) is 10.4 Å². The van der Waals surface area contributed by atoms with E-state index in [-0.39, 0.29) is 24.1 Å². The normalized spacial score (nSPS) is 15.8. The molecule has 152 valence electrons. The lowest BCUT2D eigenvalue weighted by molar-refractivity contribution is -0.122. The molecule has 30 heavy (non-hydrogen) atoms. The molecule has 0 aliphatic heterocycles. The second kappa shape index (κ2) is 7.81. The van der Waals surface area contributed by atoms with Gasteiger partial charge in [-0.2, -0.15) is 0 Å². The first-order chi connectivity index (χ1) is 14.6. The van der Waals surface area contributed by atoms with Crippen LogP contribution in [-0.4, -0.2) is 15.5 Å². The molecule has 5 nitrogen and oxygen atoms in total. The van der Waals surface area contributed by atoms with E-state index in [9.17, 15) is 9.59 Å². The fraction of sp³-hybridized carbons (Fsp3) is 0.261. The monoisotopic (exact) mass is 435 g/mol. The SMILES string of the molecule is Cc1ccc(-c2csc3ncn(CC(=O)N[C@@H]4CCCc5ccccc54)c(=O)c23)s1. The van der Waals surface area contributed by atoms with Crippen molar-refractivity contribution in [1.29, 1.82) is 0 Å². The van der Waals surface area contributed by atoms with E-state index in [4.69, 9.17) is 0 Å². The first-order valence-corrected chi connectivity index (χ1v) is 11.7. The number of amides is 1. The molecular weight excluding hydrogens is 414 g/mol. The molecule has 1 aliphatic rings. The predicted molar refractivity (Wildman–Crippen MR) is 122 cm³/mol. The van der Waals surface area contributed by atoms with Gasteiger partial charge >= 0.3 is 0 Å². The summed E-state index contributed by atoms with van der Waals surface area (Å²) in [6, 6.07) is 12.3. The highest BCUT2D eigenvalue weighted by Crippen LogP contribution is 2.35. The van der Waals surface area contributed by atoms with Gasteiger partial charge in [-0.3, -0.25) is 14.2 Å². The van der Waals surface area contributed by atoms with E-state index in [1.54, 1.807) is 11.3 Å². The molecule has 1 atom stereocenters. The van der Waals surface area contributed by atoms with Crippen LogP contribution in [0.3, 0.4) is 0 Å². The largest absolute Gasteiger partial charge is 0.348 e. The Kier molecular flexibility index (Phi) is 5.00. The van der Waals surface area contributed by atoms with Gasteiger partial charge in [0.05, 0.1) is 17.8 Å². The van der Waals surface area contributed by atoms with Crippen LogP contribution in [0.4, 0.5) is 0 Å². The fourth-order valence-electron chi connectivity index (χ4n) is 4.14. The van der Waals surface area contributed by atoms with Crippen molar-refractivity contribution in [1.82, 2.24) is 14.9 Å². The summed E-state index contributed by atoms with van der Waals surface area (Å²) in [5.41, 5.74) is 3.22. The van der Waals surface area contributed by atoms with Crippen molar-refractivity contribution in [3.05, 3.63) is 74.5 Å². The number of rotatable bonds is 4. The Balaban J connectivity index is 1.41. The van der Waals surface area contributed by atoms with E-state index in [0.29, 0.717) is 10.2 Å². The molecule has 0 unspecified atom stereocenters. The van der Waals surface area contributed by atoms with E-state index in [0.717, 1.165) is 29.7 Å². The van der Waals surface area contributed by atoms with Crippen molar-refractivity contribution in [2.45, 2.75) is 38.8 Å². The molecule has 0 saturated carbocycles. The molecule has 3 aromatic heterocycles. The maximum Gasteiger partial charge on any atom is 0.263 e. The predicted octanol–water partition coefficient (Wildman–Crippen LogP) is 4.69. The van der Waals surface area contributed by atoms with E-state index < -0.39 is 0 Å². The smallest absolute Gasteiger partial charge is 0.263 e. The average Bonchev–Trinajstić information content (AvgIpc) is 3.37. The molecule has 1 aromatic carbocycles. The van der Waals surface area contributed by atoms with Gasteiger partial charge in [0.15, 0.2) is 0 Å². The zero-order chi connectivity index (χ0) is 20.7. The van der Waals surface area contributed by atoms with Crippen molar-refractivity contribution in [2.24, 2.45) is 0 Å². The maximum absolute atomic E-state index is 13.2. The van der Waals surface area contributed by atoms with Crippen LogP contribution in [0, 0.1) is 6.92 Å². The standard InChI is InChI=1S/C23H21N3O2S2/c1-14-9-10-19(30-14)17-12-29-22-21(17)23(28)26(13-24-22)11-20(27)25-18-8-4-6-15-5-2-3-7-16(15)18/h2-3,5,7,9-10,12-13,18H,4,6,8,11H2,1H3,(H,25,27)/t18-/m1/s1. The van der Waals surface area contributed by atoms with Crippen LogP contribution in [0.15, 0.2) is 52.9 Å². The van der Waals surface area contributed by atoms with Crippen LogP contribution < -0.4 is 10.9 Å². The highest BCUT2D eigenvalue weighted by Gasteiger charge is 2.22. The molecule has 0 spiro atoms. The Morgan fingerprint density at radius 1 is 1.27 bits per heavy atom. The summed E-state index contributed by atoms with van der Waals surface area (Å²) in [6.07, 6.45) is 4.50. The Bertz CT molecular complexity index is 1300. The van der Waals surface area contributed by atoms with Gasteiger partial charge < -0.3 is 5.32 Å². The quantitative estimate of drug-likeness (QED) is 0.506. The number of thiophene rings is 2. The minimum absolute atomic E-state index is 0.000597. The second-order valence-corrected chi connectivity index (χ2v) is 9.77. The minimum Gasteiger partial charge on any atom is -0.348 e. The molecule has 7 heteroatoms. The van der Waals surface area contributed by atoms with Crippen molar-refractivity contribution in [3.63, 3.8) is 0 Å². The van der Waals surface area contributed by atoms with Gasteiger partial charge in [-0.15, -0.1) is 22.7 Å². The first-order valence-electron chi connectivity index (χ1n) is 10.0. The van der Waals surface area contributed by atoms with E-state index >= 15 is 0 Å². The Morgan fingerprint density at radius 2 is 2.13 bits per heavy atom. The summed E-state index contributed by atoms with van der Waals surface area (Å²) < 4.78 is 1.42. The molecule has 0 radical (unpaired) electrons. The molecule has 1 N–H and O–H groups in total. The molecule has 0 bridgehead atoms. The third kappa shape index (κ3) is 3.48. The lowest BCUT2D eigenvalue weighted by Crippen LogP contribution is -2.36. The van der Waals surface area contributed by atoms with Crippen LogP contribution in [0.25, 0.3) is 20.7 Å². The van der Waals surface area contributed by atoms with Gasteiger partial charge in [0.2, 0.25) is 5.91 Å². The highest BCUT2D eigenvalue weighted by molar-refractivity contribution is 7.19. The average molecular weight is 436 g/mol. The molecule has 3 heterocycles. The summed E-state index contributed by atoms with van der Waals surface area (Å²) in [5, 5.41) is 5.70. The number of fused-ring (bicyclic) bond motifs is 2. The van der Waals surface area contributed by atoms with Crippen molar-refractivity contribution >= 4 is 38.8 Å². The number of aromatic nitrogens is 2. The number of carbonyl (C=O) groups excluding carboxylic acids is 1. The topological polar surface area (TPSA) is 64.0 Å². The summed E-state index contributed by atoms with van der Waals surface area (Å²) in [7, 11) is 0. The molecule has 1 amide bonds. The molecule has 4 aromatic rings. The van der Waals surface area contributed by atoms with Crippen LogP contribution in [0.2, 0.25) is 0 Å². The summed E-state index contributed by atoms with van der Waals surface area (Å²) >= 11 is 3.12. The van der Waals surface area contributed by atoms with Gasteiger partial charge in [0, 0.05) is 20.7 Å². The number of carbonyl (C=O) groups is 1. The third-order valence-electron chi connectivity index (χ3n) is 5.59. The second-order valence-electron chi connectivity index (χ2n) is 7.63. The molecule has 0 saturated heterocycles. The molecule has 5 rings (SSSR count). The molecule has 1 aliphatic carbocycles. The number of aryl methyl sites for hydroxylation is 2. The van der Waals surface area contributed by atoms with Gasteiger partial charge in [-0.05, 0) is 49.4 Å². The lowest BCUT2D eigenvalue weighted by Gasteiger charge is -2.26. The lowest BCUT2D eigenvalue weighted by atomic mass is 9.88. The van der Waals surface area contributed by atoms with Gasteiger partial charge in [-0.25, -0.2) is 4.98 Å². The van der Waals surface area contributed by atoms with Gasteiger partial charge in [-0.1, -0.05) is 24.3 Å². The number of hydrogen-bond donors (Lipinski definition) is 1. The van der Waals surface area contributed by atoms with Crippen molar-refractivity contribution < 1.29 is 4.79 Å². The molecule has 0 fully saturated rings. The van der Waals surface area contributed by atoms with E-state index in [1.165, 1.54) is 38.2 Å². The van der Waals surface area contributed by atoms with Gasteiger partial charge in [0.1, 0.15) is 11.4 Å². The molecular formula is C23H21N3O2S2. The van der Waals surface area contributed by atoms with Crippen LogP contribution >= 0.6 is 22.7 Å². The van der Waals surface area contributed by atoms with E-state index in [2.05, 4.69) is 22.4 Å². The Morgan fingerprint density at radius 3 is 2.97 bits per heavy atom. The van der Waals surface area contributed by atoms with Crippen LogP contribution in [0.5, 0.6) is 0 Å². The fourth-order valence-corrected chi connectivity index (χ4v) is 6.00. The summed E-state index contributed by atoms with van der Waals surface area (Å²) in [4.78, 5) is 33.3. The van der Waals surface area contributed by atoms with Crippen molar-refractivity contribution in [2.75, 3.05) is 0 Å². The number of hydrogen-bond acceptors (Lipinski definition) is 5. The number of nitrogens with one attached hydrogen (secondary N) is 1. The highest BCUT2D eigenvalue weighted by atomic mass is 32.1. The third-order valence-corrected chi connectivity index (χ3v) is 7.51. The number of benzene rings is 1. The van der Waals surface area contributed by atoms with Crippen LogP contribution in [0.1, 0.15) is 34.9 Å². The maximum atomic E-state index is 13.2. The van der Waals surface area contributed by atoms with Crippen LogP contribution in [-0.2, 0) is 17.8 Å². The van der Waals surface area contributed by atoms with E-state index in [1.807, 2.05) is 36.6 Å². The zero-order valence-electron chi connectivity index (χ0n) is 16.6. The Labute approximate surface area is 182 Å². The summed E-state index contributed by atoms with van der Waals surface area (Å²) in [6.45, 7) is 2.02. The number of nitrogens with zero attached hydrogens (tertiary/aromatic N) is 2. The van der Waals surface area contributed by atoms with Gasteiger partial charge in [0.25, 0.3) is 5.56 Å². The summed E-state index contributed by atoms with van der Waals surface area (Å²) in [5.74, 6) is -0.163. The minimum atomic E-state index is -0.165. The Hall–Kier alpha value is -2.77.